The lowest BCUT2D eigenvalue weighted by Gasteiger charge is -2.14. The smallest absolute Gasteiger partial charge is 0.261 e. The van der Waals surface area contributed by atoms with Crippen molar-refractivity contribution in [3.8, 4) is 22.9 Å². The molecule has 27 heavy (non-hydrogen) atoms. The first-order valence-electron chi connectivity index (χ1n) is 8.22. The third-order valence-electron chi connectivity index (χ3n) is 3.72. The number of amides is 1. The van der Waals surface area contributed by atoms with Gasteiger partial charge in [-0.25, -0.2) is 0 Å². The Hall–Kier alpha value is -3.06. The standard InChI is InChI=1S/C19H18ClN3O4/c1-12(26-14-7-5-6-13(10-14)25-2)19(24)21-11-17-22-18(23-27-17)15-8-3-4-9-16(15)20/h3-10,12H,11H2,1-2H3,(H,21,24). The fraction of sp³-hybridized carbons (Fsp3) is 0.211. The van der Waals surface area contributed by atoms with Crippen LogP contribution in [0.15, 0.2) is 53.1 Å². The molecule has 0 saturated heterocycles. The Morgan fingerprint density at radius 3 is 2.78 bits per heavy atom. The van der Waals surface area contributed by atoms with Crippen LogP contribution < -0.4 is 14.8 Å². The van der Waals surface area contributed by atoms with Gasteiger partial charge in [-0.3, -0.25) is 4.79 Å². The molecule has 1 heterocycles. The highest BCUT2D eigenvalue weighted by Crippen LogP contribution is 2.24. The van der Waals surface area contributed by atoms with Crippen LogP contribution in [0.5, 0.6) is 11.5 Å². The molecule has 8 heteroatoms. The molecule has 0 spiro atoms. The lowest BCUT2D eigenvalue weighted by molar-refractivity contribution is -0.127. The van der Waals surface area contributed by atoms with Crippen molar-refractivity contribution in [3.05, 3.63) is 59.4 Å². The average Bonchev–Trinajstić information content (AvgIpc) is 3.15. The Morgan fingerprint density at radius 1 is 1.22 bits per heavy atom. The zero-order valence-electron chi connectivity index (χ0n) is 14.8. The van der Waals surface area contributed by atoms with Gasteiger partial charge in [0.25, 0.3) is 5.91 Å². The molecule has 1 atom stereocenters. The molecule has 0 aliphatic rings. The molecule has 0 fully saturated rings. The van der Waals surface area contributed by atoms with Crippen LogP contribution in [0, 0.1) is 0 Å². The Balaban J connectivity index is 1.56. The normalized spacial score (nSPS) is 11.7. The van der Waals surface area contributed by atoms with Crippen molar-refractivity contribution in [1.82, 2.24) is 15.5 Å². The molecule has 0 radical (unpaired) electrons. The van der Waals surface area contributed by atoms with Crippen LogP contribution in [0.1, 0.15) is 12.8 Å². The van der Waals surface area contributed by atoms with Crippen LogP contribution in [-0.4, -0.2) is 29.3 Å². The maximum atomic E-state index is 12.2. The SMILES string of the molecule is COc1cccc(OC(C)C(=O)NCc2nc(-c3ccccc3Cl)no2)c1. The van der Waals surface area contributed by atoms with Gasteiger partial charge in [0.05, 0.1) is 18.7 Å². The van der Waals surface area contributed by atoms with Crippen LogP contribution in [0.25, 0.3) is 11.4 Å². The number of nitrogens with zero attached hydrogens (tertiary/aromatic N) is 2. The highest BCUT2D eigenvalue weighted by atomic mass is 35.5. The van der Waals surface area contributed by atoms with Gasteiger partial charge < -0.3 is 19.3 Å². The topological polar surface area (TPSA) is 86.5 Å². The van der Waals surface area contributed by atoms with E-state index in [1.54, 1.807) is 50.4 Å². The second-order valence-electron chi connectivity index (χ2n) is 5.65. The number of carbonyl (C=O) groups is 1. The van der Waals surface area contributed by atoms with Gasteiger partial charge >= 0.3 is 0 Å². The fourth-order valence-electron chi connectivity index (χ4n) is 2.32. The molecule has 1 N–H and O–H groups in total. The summed E-state index contributed by atoms with van der Waals surface area (Å²) in [6, 6.07) is 14.2. The van der Waals surface area contributed by atoms with Crippen LogP contribution in [0.3, 0.4) is 0 Å². The second-order valence-corrected chi connectivity index (χ2v) is 6.06. The summed E-state index contributed by atoms with van der Waals surface area (Å²) < 4.78 is 15.9. The molecule has 0 saturated carbocycles. The number of hydrogen-bond acceptors (Lipinski definition) is 6. The van der Waals surface area contributed by atoms with Crippen molar-refractivity contribution < 1.29 is 18.8 Å². The monoisotopic (exact) mass is 387 g/mol. The zero-order chi connectivity index (χ0) is 19.2. The van der Waals surface area contributed by atoms with E-state index >= 15 is 0 Å². The average molecular weight is 388 g/mol. The number of methoxy groups -OCH3 is 1. The molecule has 7 nitrogen and oxygen atoms in total. The molecule has 0 aliphatic carbocycles. The van der Waals surface area contributed by atoms with Gasteiger partial charge in [0.1, 0.15) is 11.5 Å². The van der Waals surface area contributed by atoms with E-state index in [0.29, 0.717) is 27.9 Å². The minimum absolute atomic E-state index is 0.0854. The first kappa shape index (κ1) is 18.7. The zero-order valence-corrected chi connectivity index (χ0v) is 15.6. The van der Waals surface area contributed by atoms with Crippen molar-refractivity contribution >= 4 is 17.5 Å². The fourth-order valence-corrected chi connectivity index (χ4v) is 2.54. The summed E-state index contributed by atoms with van der Waals surface area (Å²) in [5, 5.41) is 7.11. The highest BCUT2D eigenvalue weighted by Gasteiger charge is 2.17. The minimum Gasteiger partial charge on any atom is -0.497 e. The summed E-state index contributed by atoms with van der Waals surface area (Å²) >= 11 is 6.12. The molecule has 2 aromatic carbocycles. The first-order valence-corrected chi connectivity index (χ1v) is 8.60. The summed E-state index contributed by atoms with van der Waals surface area (Å²) in [5.74, 6) is 1.52. The minimum atomic E-state index is -0.705. The lowest BCUT2D eigenvalue weighted by atomic mass is 10.2. The lowest BCUT2D eigenvalue weighted by Crippen LogP contribution is -2.36. The van der Waals surface area contributed by atoms with E-state index in [0.717, 1.165) is 0 Å². The van der Waals surface area contributed by atoms with Gasteiger partial charge in [0.2, 0.25) is 11.7 Å². The highest BCUT2D eigenvalue weighted by molar-refractivity contribution is 6.33. The van der Waals surface area contributed by atoms with Crippen molar-refractivity contribution in [2.24, 2.45) is 0 Å². The molecule has 0 aliphatic heterocycles. The number of hydrogen-bond donors (Lipinski definition) is 1. The Bertz CT molecular complexity index is 929. The molecule has 1 amide bonds. The van der Waals surface area contributed by atoms with Gasteiger partial charge in [-0.1, -0.05) is 35.0 Å². The Kier molecular flexibility index (Phi) is 5.93. The van der Waals surface area contributed by atoms with Crippen molar-refractivity contribution in [2.75, 3.05) is 7.11 Å². The molecule has 1 unspecified atom stereocenters. The number of aromatic nitrogens is 2. The van der Waals surface area contributed by atoms with Crippen molar-refractivity contribution in [1.29, 1.82) is 0 Å². The molecular weight excluding hydrogens is 370 g/mol. The van der Waals surface area contributed by atoms with E-state index in [2.05, 4.69) is 15.5 Å². The second kappa shape index (κ2) is 8.55. The summed E-state index contributed by atoms with van der Waals surface area (Å²) in [5.41, 5.74) is 0.662. The third-order valence-corrected chi connectivity index (χ3v) is 4.05. The van der Waals surface area contributed by atoms with Crippen molar-refractivity contribution in [2.45, 2.75) is 19.6 Å². The number of ether oxygens (including phenoxy) is 2. The Labute approximate surface area is 161 Å². The van der Waals surface area contributed by atoms with E-state index in [-0.39, 0.29) is 18.3 Å². The largest absolute Gasteiger partial charge is 0.497 e. The quantitative estimate of drug-likeness (QED) is 0.667. The van der Waals surface area contributed by atoms with Gasteiger partial charge in [-0.2, -0.15) is 4.98 Å². The molecule has 140 valence electrons. The molecule has 3 rings (SSSR count). The predicted octanol–water partition coefficient (Wildman–Crippen LogP) is 3.48. The summed E-state index contributed by atoms with van der Waals surface area (Å²) in [7, 11) is 1.57. The summed E-state index contributed by atoms with van der Waals surface area (Å²) in [6.07, 6.45) is -0.705. The molecule has 0 bridgehead atoms. The molecule has 1 aromatic heterocycles. The van der Waals surface area contributed by atoms with Gasteiger partial charge in [-0.15, -0.1) is 0 Å². The molecule has 3 aromatic rings. The number of halogens is 1. The van der Waals surface area contributed by atoms with Crippen LogP contribution in [0.4, 0.5) is 0 Å². The van der Waals surface area contributed by atoms with Crippen LogP contribution in [-0.2, 0) is 11.3 Å². The van der Waals surface area contributed by atoms with Crippen LogP contribution in [0.2, 0.25) is 5.02 Å². The van der Waals surface area contributed by atoms with E-state index in [4.69, 9.17) is 25.6 Å². The van der Waals surface area contributed by atoms with Gasteiger partial charge in [0, 0.05) is 11.6 Å². The number of carbonyl (C=O) groups excluding carboxylic acids is 1. The van der Waals surface area contributed by atoms with Crippen molar-refractivity contribution in [3.63, 3.8) is 0 Å². The number of benzene rings is 2. The van der Waals surface area contributed by atoms with E-state index in [1.807, 2.05) is 12.1 Å². The number of nitrogens with one attached hydrogen (secondary N) is 1. The van der Waals surface area contributed by atoms with E-state index in [1.165, 1.54) is 0 Å². The van der Waals surface area contributed by atoms with Gasteiger partial charge in [-0.05, 0) is 31.2 Å². The first-order chi connectivity index (χ1) is 13.1. The van der Waals surface area contributed by atoms with Gasteiger partial charge in [0.15, 0.2) is 6.10 Å². The predicted molar refractivity (Wildman–Crippen MR) is 99.7 cm³/mol. The maximum Gasteiger partial charge on any atom is 0.261 e. The number of rotatable bonds is 7. The van der Waals surface area contributed by atoms with Crippen LogP contribution >= 0.6 is 11.6 Å². The maximum absolute atomic E-state index is 12.2. The molecular formula is C19H18ClN3O4. The Morgan fingerprint density at radius 2 is 2.00 bits per heavy atom. The summed E-state index contributed by atoms with van der Waals surface area (Å²) in [6.45, 7) is 1.74. The van der Waals surface area contributed by atoms with E-state index in [9.17, 15) is 4.79 Å². The van der Waals surface area contributed by atoms with E-state index < -0.39 is 6.10 Å². The summed E-state index contributed by atoms with van der Waals surface area (Å²) in [4.78, 5) is 16.5. The third kappa shape index (κ3) is 4.77.